The molecular weight excluding hydrogens is 332 g/mol. The van der Waals surface area contributed by atoms with Crippen LogP contribution in [-0.2, 0) is 16.0 Å². The van der Waals surface area contributed by atoms with Gasteiger partial charge in [0.15, 0.2) is 6.10 Å². The number of carbonyl (C=O) groups excluding carboxylic acids is 2. The highest BCUT2D eigenvalue weighted by atomic mass is 16.5. The number of rotatable bonds is 7. The second-order valence-electron chi connectivity index (χ2n) is 5.97. The van der Waals surface area contributed by atoms with E-state index in [-0.39, 0.29) is 11.5 Å². The average molecular weight is 356 g/mol. The van der Waals surface area contributed by atoms with Gasteiger partial charge in [0.2, 0.25) is 0 Å². The summed E-state index contributed by atoms with van der Waals surface area (Å²) < 4.78 is 10.3. The molecule has 0 saturated carbocycles. The van der Waals surface area contributed by atoms with Crippen LogP contribution in [0.2, 0.25) is 0 Å². The first-order chi connectivity index (χ1) is 12.4. The van der Waals surface area contributed by atoms with E-state index in [9.17, 15) is 9.59 Å². The number of aryl methyl sites for hydroxylation is 1. The lowest BCUT2D eigenvalue weighted by Crippen LogP contribution is -2.37. The Hall–Kier alpha value is -3.02. The van der Waals surface area contributed by atoms with Gasteiger partial charge in [-0.3, -0.25) is 4.79 Å². The van der Waals surface area contributed by atoms with Crippen molar-refractivity contribution >= 4 is 17.6 Å². The number of amides is 1. The van der Waals surface area contributed by atoms with Gasteiger partial charge in [0.05, 0.1) is 12.7 Å². The molecule has 0 radical (unpaired) electrons. The molecule has 0 spiro atoms. The normalized spacial score (nSPS) is 11.5. The molecule has 26 heavy (non-hydrogen) atoms. The summed E-state index contributed by atoms with van der Waals surface area (Å²) in [6, 6.07) is 12.7. The highest BCUT2D eigenvalue weighted by Crippen LogP contribution is 2.18. The molecule has 0 bridgehead atoms. The number of para-hydroxylation sites is 1. The van der Waals surface area contributed by atoms with Crippen molar-refractivity contribution in [2.75, 3.05) is 19.4 Å². The van der Waals surface area contributed by atoms with E-state index in [0.29, 0.717) is 18.7 Å². The smallest absolute Gasteiger partial charge is 0.341 e. The molecule has 0 aliphatic rings. The summed E-state index contributed by atoms with van der Waals surface area (Å²) >= 11 is 0. The maximum Gasteiger partial charge on any atom is 0.341 e. The van der Waals surface area contributed by atoms with Crippen LogP contribution < -0.4 is 15.8 Å². The maximum absolute atomic E-state index is 12.2. The van der Waals surface area contributed by atoms with Crippen LogP contribution in [-0.4, -0.2) is 31.6 Å². The monoisotopic (exact) mass is 356 g/mol. The molecule has 0 saturated heterocycles. The standard InChI is InChI=1S/C20H24N2O4/c1-13-5-4-6-17(18(13)21)20(24)26-14(2)19(23)22-12-11-15-7-9-16(25-3)10-8-15/h4-10,14H,11-12,21H2,1-3H3,(H,22,23). The summed E-state index contributed by atoms with van der Waals surface area (Å²) in [7, 11) is 1.61. The molecule has 0 aromatic heterocycles. The van der Waals surface area contributed by atoms with Gasteiger partial charge in [-0.2, -0.15) is 0 Å². The highest BCUT2D eigenvalue weighted by Gasteiger charge is 2.20. The zero-order valence-corrected chi connectivity index (χ0v) is 15.2. The van der Waals surface area contributed by atoms with Gasteiger partial charge in [0.25, 0.3) is 5.91 Å². The molecule has 3 N–H and O–H groups in total. The molecule has 6 heteroatoms. The van der Waals surface area contributed by atoms with Crippen molar-refractivity contribution in [3.63, 3.8) is 0 Å². The summed E-state index contributed by atoms with van der Waals surface area (Å²) in [4.78, 5) is 24.3. The molecule has 0 aliphatic heterocycles. The van der Waals surface area contributed by atoms with E-state index in [4.69, 9.17) is 15.2 Å². The molecular formula is C20H24N2O4. The van der Waals surface area contributed by atoms with Crippen molar-refractivity contribution in [1.29, 1.82) is 0 Å². The lowest BCUT2D eigenvalue weighted by Gasteiger charge is -2.15. The number of carbonyl (C=O) groups is 2. The quantitative estimate of drug-likeness (QED) is 0.587. The van der Waals surface area contributed by atoms with Gasteiger partial charge in [-0.05, 0) is 49.6 Å². The molecule has 138 valence electrons. The Kier molecular flexibility index (Phi) is 6.60. The van der Waals surface area contributed by atoms with Crippen LogP contribution in [0.15, 0.2) is 42.5 Å². The zero-order valence-electron chi connectivity index (χ0n) is 15.2. The van der Waals surface area contributed by atoms with Crippen molar-refractivity contribution in [3.8, 4) is 5.75 Å². The summed E-state index contributed by atoms with van der Waals surface area (Å²) in [5, 5.41) is 2.76. The lowest BCUT2D eigenvalue weighted by molar-refractivity contribution is -0.129. The number of hydrogen-bond donors (Lipinski definition) is 2. The molecule has 2 aromatic rings. The number of ether oxygens (including phenoxy) is 2. The zero-order chi connectivity index (χ0) is 19.1. The van der Waals surface area contributed by atoms with E-state index in [2.05, 4.69) is 5.32 Å². The van der Waals surface area contributed by atoms with Gasteiger partial charge in [-0.15, -0.1) is 0 Å². The van der Waals surface area contributed by atoms with E-state index in [1.807, 2.05) is 24.3 Å². The first-order valence-corrected chi connectivity index (χ1v) is 8.39. The summed E-state index contributed by atoms with van der Waals surface area (Å²) in [5.41, 5.74) is 8.38. The molecule has 1 amide bonds. The van der Waals surface area contributed by atoms with Crippen LogP contribution in [0.3, 0.4) is 0 Å². The van der Waals surface area contributed by atoms with Gasteiger partial charge >= 0.3 is 5.97 Å². The summed E-state index contributed by atoms with van der Waals surface area (Å²) in [6.45, 7) is 3.79. The fourth-order valence-corrected chi connectivity index (χ4v) is 2.40. The number of hydrogen-bond acceptors (Lipinski definition) is 5. The minimum Gasteiger partial charge on any atom is -0.497 e. The van der Waals surface area contributed by atoms with Crippen molar-refractivity contribution in [3.05, 3.63) is 59.2 Å². The number of esters is 1. The largest absolute Gasteiger partial charge is 0.497 e. The van der Waals surface area contributed by atoms with Gasteiger partial charge in [0, 0.05) is 12.2 Å². The fraction of sp³-hybridized carbons (Fsp3) is 0.300. The molecule has 0 heterocycles. The Morgan fingerprint density at radius 2 is 1.85 bits per heavy atom. The second-order valence-corrected chi connectivity index (χ2v) is 5.97. The lowest BCUT2D eigenvalue weighted by atomic mass is 10.1. The van der Waals surface area contributed by atoms with Crippen molar-refractivity contribution in [2.45, 2.75) is 26.4 Å². The Labute approximate surface area is 153 Å². The second kappa shape index (κ2) is 8.89. The third kappa shape index (κ3) is 4.99. The number of nitrogens with two attached hydrogens (primary N) is 1. The minimum atomic E-state index is -0.904. The van der Waals surface area contributed by atoms with Crippen LogP contribution in [0.1, 0.15) is 28.4 Å². The topological polar surface area (TPSA) is 90.6 Å². The molecule has 1 unspecified atom stereocenters. The van der Waals surface area contributed by atoms with Crippen molar-refractivity contribution in [2.24, 2.45) is 0 Å². The number of nitrogen functional groups attached to an aromatic ring is 1. The predicted octanol–water partition coefficient (Wildman–Crippen LogP) is 2.49. The van der Waals surface area contributed by atoms with Gasteiger partial charge in [0.1, 0.15) is 5.75 Å². The van der Waals surface area contributed by atoms with Crippen LogP contribution in [0, 0.1) is 6.92 Å². The average Bonchev–Trinajstić information content (AvgIpc) is 2.64. The first kappa shape index (κ1) is 19.3. The maximum atomic E-state index is 12.2. The molecule has 2 aromatic carbocycles. The molecule has 0 fully saturated rings. The Bertz CT molecular complexity index is 772. The molecule has 6 nitrogen and oxygen atoms in total. The third-order valence-corrected chi connectivity index (χ3v) is 4.07. The Balaban J connectivity index is 1.83. The van der Waals surface area contributed by atoms with Gasteiger partial charge < -0.3 is 20.5 Å². The highest BCUT2D eigenvalue weighted by molar-refractivity contribution is 5.97. The van der Waals surface area contributed by atoms with Crippen LogP contribution in [0.4, 0.5) is 5.69 Å². The van der Waals surface area contributed by atoms with Crippen LogP contribution in [0.5, 0.6) is 5.75 Å². The van der Waals surface area contributed by atoms with E-state index >= 15 is 0 Å². The fourth-order valence-electron chi connectivity index (χ4n) is 2.40. The Morgan fingerprint density at radius 3 is 2.50 bits per heavy atom. The molecule has 1 atom stereocenters. The van der Waals surface area contributed by atoms with Crippen LogP contribution >= 0.6 is 0 Å². The minimum absolute atomic E-state index is 0.267. The number of methoxy groups -OCH3 is 1. The van der Waals surface area contributed by atoms with E-state index < -0.39 is 12.1 Å². The van der Waals surface area contributed by atoms with E-state index in [1.165, 1.54) is 6.92 Å². The molecule has 2 rings (SSSR count). The number of anilines is 1. The van der Waals surface area contributed by atoms with Crippen LogP contribution in [0.25, 0.3) is 0 Å². The third-order valence-electron chi connectivity index (χ3n) is 4.07. The number of nitrogens with one attached hydrogen (secondary N) is 1. The summed E-state index contributed by atoms with van der Waals surface area (Å²) in [5.74, 6) is -0.171. The number of benzene rings is 2. The predicted molar refractivity (Wildman–Crippen MR) is 100 cm³/mol. The van der Waals surface area contributed by atoms with Crippen molar-refractivity contribution < 1.29 is 19.1 Å². The SMILES string of the molecule is COc1ccc(CCNC(=O)C(C)OC(=O)c2cccc(C)c2N)cc1. The van der Waals surface area contributed by atoms with Gasteiger partial charge in [-0.25, -0.2) is 4.79 Å². The first-order valence-electron chi connectivity index (χ1n) is 8.39. The summed E-state index contributed by atoms with van der Waals surface area (Å²) in [6.07, 6.45) is -0.236. The van der Waals surface area contributed by atoms with E-state index in [1.54, 1.807) is 32.2 Å². The van der Waals surface area contributed by atoms with Crippen molar-refractivity contribution in [1.82, 2.24) is 5.32 Å². The Morgan fingerprint density at radius 1 is 1.15 bits per heavy atom. The van der Waals surface area contributed by atoms with E-state index in [0.717, 1.165) is 16.9 Å². The molecule has 0 aliphatic carbocycles. The van der Waals surface area contributed by atoms with Gasteiger partial charge in [-0.1, -0.05) is 24.3 Å².